The molecule has 2 heterocycles. The standard InChI is InChI=1S/C10H13Cl2N3O/c1-16-7-2-4-15(5-3-7)9-6-8(11)13-10(12)14-9/h6-7H,2-5H2,1H3. The highest BCUT2D eigenvalue weighted by Gasteiger charge is 2.20. The van der Waals surface area contributed by atoms with Gasteiger partial charge >= 0.3 is 0 Å². The first-order valence-corrected chi connectivity index (χ1v) is 5.92. The number of hydrogen-bond acceptors (Lipinski definition) is 4. The lowest BCUT2D eigenvalue weighted by atomic mass is 10.1. The fourth-order valence-electron chi connectivity index (χ4n) is 1.86. The lowest BCUT2D eigenvalue weighted by Crippen LogP contribution is -2.37. The Morgan fingerprint density at radius 1 is 1.31 bits per heavy atom. The zero-order chi connectivity index (χ0) is 11.5. The molecular weight excluding hydrogens is 249 g/mol. The van der Waals surface area contributed by atoms with Gasteiger partial charge < -0.3 is 9.64 Å². The quantitative estimate of drug-likeness (QED) is 0.606. The fourth-order valence-corrected chi connectivity index (χ4v) is 2.26. The molecule has 0 bridgehead atoms. The van der Waals surface area contributed by atoms with Gasteiger partial charge in [0.1, 0.15) is 11.0 Å². The van der Waals surface area contributed by atoms with Gasteiger partial charge in [-0.15, -0.1) is 0 Å². The van der Waals surface area contributed by atoms with E-state index in [9.17, 15) is 0 Å². The third kappa shape index (κ3) is 2.75. The zero-order valence-corrected chi connectivity index (χ0v) is 10.5. The van der Waals surface area contributed by atoms with Crippen molar-refractivity contribution in [1.82, 2.24) is 9.97 Å². The third-order valence-corrected chi connectivity index (χ3v) is 3.12. The fraction of sp³-hybridized carbons (Fsp3) is 0.600. The number of rotatable bonds is 2. The minimum absolute atomic E-state index is 0.191. The lowest BCUT2D eigenvalue weighted by Gasteiger charge is -2.32. The lowest BCUT2D eigenvalue weighted by molar-refractivity contribution is 0.0818. The average molecular weight is 262 g/mol. The van der Waals surface area contributed by atoms with E-state index in [1.807, 2.05) is 0 Å². The van der Waals surface area contributed by atoms with Gasteiger partial charge in [-0.2, -0.15) is 0 Å². The topological polar surface area (TPSA) is 38.2 Å². The zero-order valence-electron chi connectivity index (χ0n) is 8.99. The summed E-state index contributed by atoms with van der Waals surface area (Å²) >= 11 is 11.6. The SMILES string of the molecule is COC1CCN(c2cc(Cl)nc(Cl)n2)CC1. The summed E-state index contributed by atoms with van der Waals surface area (Å²) < 4.78 is 5.31. The Labute approximate surface area is 105 Å². The summed E-state index contributed by atoms with van der Waals surface area (Å²) in [5.41, 5.74) is 0. The molecule has 0 aliphatic carbocycles. The number of methoxy groups -OCH3 is 1. The summed E-state index contributed by atoms with van der Waals surface area (Å²) in [6.45, 7) is 1.81. The molecule has 1 saturated heterocycles. The van der Waals surface area contributed by atoms with Crippen LogP contribution in [0.15, 0.2) is 6.07 Å². The van der Waals surface area contributed by atoms with Crippen molar-refractivity contribution in [3.05, 3.63) is 16.5 Å². The number of hydrogen-bond donors (Lipinski definition) is 0. The van der Waals surface area contributed by atoms with E-state index in [1.54, 1.807) is 13.2 Å². The number of aromatic nitrogens is 2. The minimum atomic E-state index is 0.191. The van der Waals surface area contributed by atoms with Crippen LogP contribution in [0.4, 0.5) is 5.82 Å². The third-order valence-electron chi connectivity index (χ3n) is 2.75. The molecule has 0 spiro atoms. The van der Waals surface area contributed by atoms with Crippen molar-refractivity contribution < 1.29 is 4.74 Å². The van der Waals surface area contributed by atoms with Gasteiger partial charge in [0.25, 0.3) is 0 Å². The van der Waals surface area contributed by atoms with E-state index in [2.05, 4.69) is 14.9 Å². The average Bonchev–Trinajstić information content (AvgIpc) is 2.28. The van der Waals surface area contributed by atoms with E-state index in [0.717, 1.165) is 31.7 Å². The van der Waals surface area contributed by atoms with Crippen molar-refractivity contribution in [2.24, 2.45) is 0 Å². The predicted molar refractivity (Wildman–Crippen MR) is 64.3 cm³/mol. The van der Waals surface area contributed by atoms with Crippen LogP contribution in [-0.2, 0) is 4.74 Å². The highest BCUT2D eigenvalue weighted by molar-refractivity contribution is 6.32. The molecule has 0 atom stereocenters. The second-order valence-electron chi connectivity index (χ2n) is 3.74. The summed E-state index contributed by atoms with van der Waals surface area (Å²) in [4.78, 5) is 10.1. The Hall–Kier alpha value is -0.580. The maximum atomic E-state index is 5.84. The van der Waals surface area contributed by atoms with Crippen LogP contribution >= 0.6 is 23.2 Å². The second-order valence-corrected chi connectivity index (χ2v) is 4.47. The van der Waals surface area contributed by atoms with Crippen LogP contribution in [-0.4, -0.2) is 36.3 Å². The van der Waals surface area contributed by atoms with Gasteiger partial charge in [-0.3, -0.25) is 0 Å². The maximum absolute atomic E-state index is 5.84. The van der Waals surface area contributed by atoms with Crippen molar-refractivity contribution in [3.63, 3.8) is 0 Å². The molecule has 0 aromatic carbocycles. The van der Waals surface area contributed by atoms with Crippen molar-refractivity contribution in [2.75, 3.05) is 25.1 Å². The Morgan fingerprint density at radius 2 is 2.00 bits per heavy atom. The monoisotopic (exact) mass is 261 g/mol. The van der Waals surface area contributed by atoms with Crippen molar-refractivity contribution in [2.45, 2.75) is 18.9 Å². The molecule has 0 N–H and O–H groups in total. The van der Waals surface area contributed by atoms with Gasteiger partial charge in [-0.05, 0) is 24.4 Å². The molecule has 1 aromatic heterocycles. The molecule has 0 amide bonds. The highest BCUT2D eigenvalue weighted by atomic mass is 35.5. The summed E-state index contributed by atoms with van der Waals surface area (Å²) in [5, 5.41) is 0.570. The number of halogens is 2. The Balaban J connectivity index is 2.08. The van der Waals surface area contributed by atoms with Gasteiger partial charge in [-0.25, -0.2) is 9.97 Å². The molecule has 1 aliphatic rings. The Kier molecular flexibility index (Phi) is 3.84. The Bertz CT molecular complexity index is 347. The molecule has 1 fully saturated rings. The molecule has 1 aromatic rings. The number of nitrogens with zero attached hydrogens (tertiary/aromatic N) is 3. The molecule has 1 aliphatic heterocycles. The molecule has 16 heavy (non-hydrogen) atoms. The molecule has 0 saturated carbocycles. The first-order chi connectivity index (χ1) is 7.69. The van der Waals surface area contributed by atoms with E-state index in [-0.39, 0.29) is 5.28 Å². The van der Waals surface area contributed by atoms with Crippen LogP contribution < -0.4 is 4.90 Å². The van der Waals surface area contributed by atoms with E-state index >= 15 is 0 Å². The summed E-state index contributed by atoms with van der Waals surface area (Å²) in [6.07, 6.45) is 2.34. The van der Waals surface area contributed by atoms with Crippen LogP contribution in [0.5, 0.6) is 0 Å². The molecule has 0 radical (unpaired) electrons. The minimum Gasteiger partial charge on any atom is -0.381 e. The summed E-state index contributed by atoms with van der Waals surface area (Å²) in [7, 11) is 1.75. The smallest absolute Gasteiger partial charge is 0.225 e. The van der Waals surface area contributed by atoms with Crippen LogP contribution in [0, 0.1) is 0 Å². The second kappa shape index (κ2) is 5.17. The van der Waals surface area contributed by atoms with E-state index in [4.69, 9.17) is 27.9 Å². The first kappa shape index (κ1) is 11.9. The molecule has 6 heteroatoms. The van der Waals surface area contributed by atoms with Gasteiger partial charge in [0.2, 0.25) is 5.28 Å². The van der Waals surface area contributed by atoms with Crippen LogP contribution in [0.1, 0.15) is 12.8 Å². The number of anilines is 1. The van der Waals surface area contributed by atoms with Gasteiger partial charge in [0.05, 0.1) is 6.10 Å². The normalized spacial score (nSPS) is 17.8. The summed E-state index contributed by atoms with van der Waals surface area (Å²) in [6, 6.07) is 1.74. The molecule has 2 rings (SSSR count). The van der Waals surface area contributed by atoms with Gasteiger partial charge in [0, 0.05) is 26.3 Å². The number of ether oxygens (including phenoxy) is 1. The predicted octanol–water partition coefficient (Wildman–Crippen LogP) is 2.40. The van der Waals surface area contributed by atoms with Gasteiger partial charge in [0.15, 0.2) is 0 Å². The molecule has 0 unspecified atom stereocenters. The molecular formula is C10H13Cl2N3O. The molecule has 88 valence electrons. The van der Waals surface area contributed by atoms with E-state index in [0.29, 0.717) is 11.3 Å². The van der Waals surface area contributed by atoms with Gasteiger partial charge in [-0.1, -0.05) is 11.6 Å². The van der Waals surface area contributed by atoms with Crippen LogP contribution in [0.2, 0.25) is 10.4 Å². The van der Waals surface area contributed by atoms with Crippen molar-refractivity contribution in [3.8, 4) is 0 Å². The van der Waals surface area contributed by atoms with Crippen molar-refractivity contribution >= 4 is 29.0 Å². The number of piperidine rings is 1. The Morgan fingerprint density at radius 3 is 2.56 bits per heavy atom. The largest absolute Gasteiger partial charge is 0.381 e. The van der Waals surface area contributed by atoms with Crippen LogP contribution in [0.3, 0.4) is 0 Å². The summed E-state index contributed by atoms with van der Waals surface area (Å²) in [5.74, 6) is 0.791. The van der Waals surface area contributed by atoms with Crippen molar-refractivity contribution in [1.29, 1.82) is 0 Å². The van der Waals surface area contributed by atoms with Crippen LogP contribution in [0.25, 0.3) is 0 Å². The highest BCUT2D eigenvalue weighted by Crippen LogP contribution is 2.22. The van der Waals surface area contributed by atoms with E-state index < -0.39 is 0 Å². The maximum Gasteiger partial charge on any atom is 0.225 e. The first-order valence-electron chi connectivity index (χ1n) is 5.17. The van der Waals surface area contributed by atoms with E-state index in [1.165, 1.54) is 0 Å². The molecule has 4 nitrogen and oxygen atoms in total.